The van der Waals surface area contributed by atoms with Gasteiger partial charge in [-0.15, -0.1) is 11.3 Å². The number of amides is 1. The van der Waals surface area contributed by atoms with Crippen molar-refractivity contribution in [2.75, 3.05) is 6.54 Å². The fraction of sp³-hybridized carbons (Fsp3) is 0.500. The maximum Gasteiger partial charge on any atom is 0.273 e. The molecule has 106 valence electrons. The lowest BCUT2D eigenvalue weighted by atomic mass is 9.91. The van der Waals surface area contributed by atoms with Crippen molar-refractivity contribution in [3.63, 3.8) is 0 Å². The van der Waals surface area contributed by atoms with Crippen LogP contribution in [0.1, 0.15) is 50.6 Å². The van der Waals surface area contributed by atoms with Gasteiger partial charge in [0.25, 0.3) is 5.91 Å². The second-order valence-corrected chi connectivity index (χ2v) is 6.39. The molecule has 2 aromatic heterocycles. The average molecular weight is 291 g/mol. The van der Waals surface area contributed by atoms with Gasteiger partial charge >= 0.3 is 0 Å². The number of aryl methyl sites for hydroxylation is 3. The Balaban J connectivity index is 1.68. The first-order valence-electron chi connectivity index (χ1n) is 6.79. The molecule has 2 heterocycles. The van der Waals surface area contributed by atoms with Gasteiger partial charge in [-0.1, -0.05) is 0 Å². The SMILES string of the molecule is Cc1nc2c(s1)CCCC2CNC(=O)c1ncoc1C. The summed E-state index contributed by atoms with van der Waals surface area (Å²) in [6.45, 7) is 4.39. The van der Waals surface area contributed by atoms with E-state index >= 15 is 0 Å². The standard InChI is InChI=1S/C14H17N3O2S/c1-8-12(16-7-19-8)14(18)15-6-10-4-3-5-11-13(10)17-9(2)20-11/h7,10H,3-6H2,1-2H3,(H,15,18). The number of rotatable bonds is 3. The molecule has 20 heavy (non-hydrogen) atoms. The highest BCUT2D eigenvalue weighted by Crippen LogP contribution is 2.34. The lowest BCUT2D eigenvalue weighted by molar-refractivity contribution is 0.0944. The molecule has 2 aromatic rings. The van der Waals surface area contributed by atoms with Gasteiger partial charge in [0.15, 0.2) is 12.1 Å². The van der Waals surface area contributed by atoms with Crippen molar-refractivity contribution in [2.24, 2.45) is 0 Å². The van der Waals surface area contributed by atoms with Crippen LogP contribution in [0.2, 0.25) is 0 Å². The fourth-order valence-corrected chi connectivity index (χ4v) is 3.71. The summed E-state index contributed by atoms with van der Waals surface area (Å²) >= 11 is 1.78. The summed E-state index contributed by atoms with van der Waals surface area (Å²) < 4.78 is 5.05. The summed E-state index contributed by atoms with van der Waals surface area (Å²) in [6.07, 6.45) is 4.66. The summed E-state index contributed by atoms with van der Waals surface area (Å²) in [6, 6.07) is 0. The number of carbonyl (C=O) groups is 1. The van der Waals surface area contributed by atoms with Crippen molar-refractivity contribution < 1.29 is 9.21 Å². The molecule has 1 atom stereocenters. The Hall–Kier alpha value is -1.69. The second kappa shape index (κ2) is 5.36. The Morgan fingerprint density at radius 1 is 1.55 bits per heavy atom. The molecule has 0 saturated heterocycles. The number of oxazole rings is 1. The highest BCUT2D eigenvalue weighted by Gasteiger charge is 2.25. The monoisotopic (exact) mass is 291 g/mol. The zero-order chi connectivity index (χ0) is 14.1. The Kier molecular flexibility index (Phi) is 3.56. The average Bonchev–Trinajstić information content (AvgIpc) is 3.00. The second-order valence-electron chi connectivity index (χ2n) is 5.10. The molecule has 6 heteroatoms. The predicted octanol–water partition coefficient (Wildman–Crippen LogP) is 2.60. The summed E-state index contributed by atoms with van der Waals surface area (Å²) in [5.74, 6) is 0.700. The number of hydrogen-bond donors (Lipinski definition) is 1. The zero-order valence-electron chi connectivity index (χ0n) is 11.6. The maximum absolute atomic E-state index is 12.0. The first-order chi connectivity index (χ1) is 9.65. The number of carbonyl (C=O) groups excluding carboxylic acids is 1. The van der Waals surface area contributed by atoms with E-state index in [1.807, 2.05) is 6.92 Å². The van der Waals surface area contributed by atoms with Gasteiger partial charge < -0.3 is 9.73 Å². The Bertz CT molecular complexity index is 632. The van der Waals surface area contributed by atoms with Gasteiger partial charge in [-0.2, -0.15) is 0 Å². The first kappa shape index (κ1) is 13.3. The summed E-state index contributed by atoms with van der Waals surface area (Å²) in [5.41, 5.74) is 1.55. The maximum atomic E-state index is 12.0. The van der Waals surface area contributed by atoms with E-state index in [1.165, 1.54) is 17.0 Å². The van der Waals surface area contributed by atoms with Crippen molar-refractivity contribution in [1.82, 2.24) is 15.3 Å². The lowest BCUT2D eigenvalue weighted by Gasteiger charge is -2.21. The van der Waals surface area contributed by atoms with Gasteiger partial charge in [-0.05, 0) is 33.1 Å². The van der Waals surface area contributed by atoms with Crippen molar-refractivity contribution >= 4 is 17.2 Å². The minimum atomic E-state index is -0.171. The first-order valence-corrected chi connectivity index (χ1v) is 7.61. The molecule has 0 aromatic carbocycles. The Labute approximate surface area is 121 Å². The van der Waals surface area contributed by atoms with Crippen molar-refractivity contribution in [2.45, 2.75) is 39.0 Å². The number of hydrogen-bond acceptors (Lipinski definition) is 5. The molecule has 1 aliphatic rings. The Morgan fingerprint density at radius 2 is 2.40 bits per heavy atom. The number of fused-ring (bicyclic) bond motifs is 1. The van der Waals surface area contributed by atoms with Crippen LogP contribution < -0.4 is 5.32 Å². The molecule has 5 nitrogen and oxygen atoms in total. The van der Waals surface area contributed by atoms with Gasteiger partial charge in [-0.25, -0.2) is 9.97 Å². The third-order valence-electron chi connectivity index (χ3n) is 3.65. The van der Waals surface area contributed by atoms with E-state index in [2.05, 4.69) is 15.3 Å². The van der Waals surface area contributed by atoms with Gasteiger partial charge in [-0.3, -0.25) is 4.79 Å². The van der Waals surface area contributed by atoms with Crippen LogP contribution in [-0.2, 0) is 6.42 Å². The number of aromatic nitrogens is 2. The highest BCUT2D eigenvalue weighted by atomic mass is 32.1. The van der Waals surface area contributed by atoms with Crippen LogP contribution in [0, 0.1) is 13.8 Å². The van der Waals surface area contributed by atoms with Crippen LogP contribution >= 0.6 is 11.3 Å². The van der Waals surface area contributed by atoms with Gasteiger partial charge in [0, 0.05) is 17.3 Å². The molecule has 0 saturated carbocycles. The van der Waals surface area contributed by atoms with Crippen molar-refractivity contribution in [1.29, 1.82) is 0 Å². The van der Waals surface area contributed by atoms with E-state index in [0.717, 1.165) is 24.3 Å². The molecule has 3 rings (SSSR count). The quantitative estimate of drug-likeness (QED) is 0.943. The van der Waals surface area contributed by atoms with Crippen LogP contribution in [0.15, 0.2) is 10.8 Å². The number of nitrogens with one attached hydrogen (secondary N) is 1. The van der Waals surface area contributed by atoms with Crippen LogP contribution in [-0.4, -0.2) is 22.4 Å². The van der Waals surface area contributed by atoms with Gasteiger partial charge in [0.2, 0.25) is 0 Å². The fourth-order valence-electron chi connectivity index (χ4n) is 2.65. The minimum Gasteiger partial charge on any atom is -0.448 e. The third kappa shape index (κ3) is 2.47. The molecule has 0 fully saturated rings. The normalized spacial score (nSPS) is 17.8. The molecular weight excluding hydrogens is 274 g/mol. The predicted molar refractivity (Wildman–Crippen MR) is 76.1 cm³/mol. The van der Waals surface area contributed by atoms with Crippen LogP contribution in [0.5, 0.6) is 0 Å². The molecule has 1 N–H and O–H groups in total. The zero-order valence-corrected chi connectivity index (χ0v) is 12.4. The molecule has 0 radical (unpaired) electrons. The van der Waals surface area contributed by atoms with Crippen LogP contribution in [0.3, 0.4) is 0 Å². The van der Waals surface area contributed by atoms with Crippen molar-refractivity contribution in [3.8, 4) is 0 Å². The molecule has 0 spiro atoms. The van der Waals surface area contributed by atoms with E-state index < -0.39 is 0 Å². The molecular formula is C14H17N3O2S. The molecule has 0 bridgehead atoms. The van der Waals surface area contributed by atoms with Gasteiger partial charge in [0.05, 0.1) is 10.7 Å². The third-order valence-corrected chi connectivity index (χ3v) is 4.69. The van der Waals surface area contributed by atoms with E-state index in [9.17, 15) is 4.79 Å². The molecule has 1 amide bonds. The topological polar surface area (TPSA) is 68.0 Å². The minimum absolute atomic E-state index is 0.171. The summed E-state index contributed by atoms with van der Waals surface area (Å²) in [7, 11) is 0. The van der Waals surface area contributed by atoms with E-state index in [-0.39, 0.29) is 5.91 Å². The largest absolute Gasteiger partial charge is 0.448 e. The van der Waals surface area contributed by atoms with Gasteiger partial charge in [0.1, 0.15) is 5.76 Å². The smallest absolute Gasteiger partial charge is 0.273 e. The highest BCUT2D eigenvalue weighted by molar-refractivity contribution is 7.11. The summed E-state index contributed by atoms with van der Waals surface area (Å²) in [4.78, 5) is 22.0. The van der Waals surface area contributed by atoms with E-state index in [0.29, 0.717) is 23.9 Å². The number of nitrogens with zero attached hydrogens (tertiary/aromatic N) is 2. The van der Waals surface area contributed by atoms with E-state index in [4.69, 9.17) is 4.42 Å². The van der Waals surface area contributed by atoms with Crippen molar-refractivity contribution in [3.05, 3.63) is 33.4 Å². The van der Waals surface area contributed by atoms with E-state index in [1.54, 1.807) is 18.3 Å². The lowest BCUT2D eigenvalue weighted by Crippen LogP contribution is -2.30. The Morgan fingerprint density at radius 3 is 3.15 bits per heavy atom. The molecule has 1 unspecified atom stereocenters. The number of thiazole rings is 1. The summed E-state index contributed by atoms with van der Waals surface area (Å²) in [5, 5.41) is 4.06. The van der Waals surface area contributed by atoms with Crippen LogP contribution in [0.25, 0.3) is 0 Å². The molecule has 0 aliphatic heterocycles. The van der Waals surface area contributed by atoms with Crippen LogP contribution in [0.4, 0.5) is 0 Å². The molecule has 1 aliphatic carbocycles.